The van der Waals surface area contributed by atoms with Gasteiger partial charge in [-0.2, -0.15) is 0 Å². The second kappa shape index (κ2) is 6.45. The van der Waals surface area contributed by atoms with Gasteiger partial charge in [-0.05, 0) is 45.0 Å². The zero-order valence-corrected chi connectivity index (χ0v) is 12.1. The van der Waals surface area contributed by atoms with Crippen molar-refractivity contribution in [3.63, 3.8) is 0 Å². The number of sulfonamides is 1. The van der Waals surface area contributed by atoms with E-state index in [1.54, 1.807) is 18.3 Å². The molecule has 1 saturated heterocycles. The van der Waals surface area contributed by atoms with E-state index in [1.807, 2.05) is 6.92 Å². The third-order valence-electron chi connectivity index (χ3n) is 3.28. The molecule has 1 N–H and O–H groups in total. The molecule has 1 atom stereocenters. The molecule has 5 nitrogen and oxygen atoms in total. The largest absolute Gasteiger partial charge is 0.302 e. The lowest BCUT2D eigenvalue weighted by Gasteiger charge is -2.29. The lowest BCUT2D eigenvalue weighted by atomic mass is 10.1. The van der Waals surface area contributed by atoms with Gasteiger partial charge in [0.1, 0.15) is 4.90 Å². The van der Waals surface area contributed by atoms with Crippen LogP contribution in [-0.4, -0.2) is 44.0 Å². The molecule has 106 valence electrons. The predicted molar refractivity (Wildman–Crippen MR) is 74.3 cm³/mol. The highest BCUT2D eigenvalue weighted by Crippen LogP contribution is 2.10. The van der Waals surface area contributed by atoms with Crippen LogP contribution in [0, 0.1) is 0 Å². The van der Waals surface area contributed by atoms with E-state index in [0.717, 1.165) is 19.6 Å². The first-order valence-corrected chi connectivity index (χ1v) is 8.21. The molecule has 2 rings (SSSR count). The number of aromatic nitrogens is 1. The van der Waals surface area contributed by atoms with Crippen LogP contribution in [0.2, 0.25) is 0 Å². The minimum absolute atomic E-state index is 0.0942. The van der Waals surface area contributed by atoms with Gasteiger partial charge in [0.15, 0.2) is 0 Å². The van der Waals surface area contributed by atoms with Gasteiger partial charge in [-0.25, -0.2) is 13.1 Å². The molecule has 0 spiro atoms. The first kappa shape index (κ1) is 14.4. The normalized spacial score (nSPS) is 19.2. The number of piperidine rings is 1. The van der Waals surface area contributed by atoms with Crippen molar-refractivity contribution in [3.8, 4) is 0 Å². The molecule has 1 aromatic rings. The van der Waals surface area contributed by atoms with Gasteiger partial charge < -0.3 is 4.90 Å². The van der Waals surface area contributed by atoms with Crippen LogP contribution in [0.4, 0.5) is 0 Å². The smallest absolute Gasteiger partial charge is 0.242 e. The van der Waals surface area contributed by atoms with E-state index >= 15 is 0 Å². The van der Waals surface area contributed by atoms with Crippen LogP contribution in [0.25, 0.3) is 0 Å². The van der Waals surface area contributed by atoms with Crippen molar-refractivity contribution in [2.24, 2.45) is 0 Å². The van der Waals surface area contributed by atoms with E-state index in [9.17, 15) is 8.42 Å². The first-order valence-electron chi connectivity index (χ1n) is 6.72. The Morgan fingerprint density at radius 1 is 1.37 bits per heavy atom. The molecule has 1 fully saturated rings. The Morgan fingerprint density at radius 3 is 2.74 bits per heavy atom. The zero-order chi connectivity index (χ0) is 13.7. The van der Waals surface area contributed by atoms with Crippen molar-refractivity contribution in [2.45, 2.75) is 37.1 Å². The Balaban J connectivity index is 1.92. The standard InChI is InChI=1S/C13H21N3O2S/c1-12(11-16-8-3-2-4-9-16)15-19(17,18)13-6-5-7-14-10-13/h5-7,10,12,15H,2-4,8-9,11H2,1H3. The summed E-state index contributed by atoms with van der Waals surface area (Å²) < 4.78 is 26.9. The number of hydrogen-bond donors (Lipinski definition) is 1. The Bertz CT molecular complexity index is 484. The Labute approximate surface area is 115 Å². The Kier molecular flexibility index (Phi) is 4.90. The third kappa shape index (κ3) is 4.26. The molecular formula is C13H21N3O2S. The second-order valence-corrected chi connectivity index (χ2v) is 6.79. The van der Waals surface area contributed by atoms with Crippen molar-refractivity contribution in [1.82, 2.24) is 14.6 Å². The molecule has 0 aliphatic carbocycles. The van der Waals surface area contributed by atoms with Gasteiger partial charge in [0.25, 0.3) is 0 Å². The SMILES string of the molecule is CC(CN1CCCCC1)NS(=O)(=O)c1cccnc1. The molecule has 0 amide bonds. The summed E-state index contributed by atoms with van der Waals surface area (Å²) in [5.41, 5.74) is 0. The van der Waals surface area contributed by atoms with E-state index in [-0.39, 0.29) is 10.9 Å². The quantitative estimate of drug-likeness (QED) is 0.883. The van der Waals surface area contributed by atoms with Crippen molar-refractivity contribution < 1.29 is 8.42 Å². The van der Waals surface area contributed by atoms with Gasteiger partial charge in [-0.1, -0.05) is 6.42 Å². The Hall–Kier alpha value is -0.980. The molecule has 0 radical (unpaired) electrons. The van der Waals surface area contributed by atoms with Crippen molar-refractivity contribution in [2.75, 3.05) is 19.6 Å². The highest BCUT2D eigenvalue weighted by Gasteiger charge is 2.20. The number of rotatable bonds is 5. The zero-order valence-electron chi connectivity index (χ0n) is 11.2. The lowest BCUT2D eigenvalue weighted by Crippen LogP contribution is -2.43. The van der Waals surface area contributed by atoms with Gasteiger partial charge in [0, 0.05) is 25.0 Å². The van der Waals surface area contributed by atoms with E-state index in [4.69, 9.17) is 0 Å². The fourth-order valence-corrected chi connectivity index (χ4v) is 3.60. The Morgan fingerprint density at radius 2 is 2.11 bits per heavy atom. The molecule has 1 aromatic heterocycles. The number of likely N-dealkylation sites (tertiary alicyclic amines) is 1. The number of hydrogen-bond acceptors (Lipinski definition) is 4. The van der Waals surface area contributed by atoms with Crippen molar-refractivity contribution in [3.05, 3.63) is 24.5 Å². The average molecular weight is 283 g/mol. The molecule has 0 bridgehead atoms. The maximum Gasteiger partial charge on any atom is 0.242 e. The molecule has 1 unspecified atom stereocenters. The highest BCUT2D eigenvalue weighted by molar-refractivity contribution is 7.89. The molecule has 6 heteroatoms. The summed E-state index contributed by atoms with van der Waals surface area (Å²) in [5, 5.41) is 0. The van der Waals surface area contributed by atoms with Gasteiger partial charge in [-0.3, -0.25) is 4.98 Å². The number of nitrogens with one attached hydrogen (secondary N) is 1. The molecule has 19 heavy (non-hydrogen) atoms. The van der Waals surface area contributed by atoms with Gasteiger partial charge in [0.05, 0.1) is 0 Å². The van der Waals surface area contributed by atoms with Gasteiger partial charge in [0.2, 0.25) is 10.0 Å². The summed E-state index contributed by atoms with van der Waals surface area (Å²) in [5.74, 6) is 0. The maximum absolute atomic E-state index is 12.1. The van der Waals surface area contributed by atoms with Crippen molar-refractivity contribution in [1.29, 1.82) is 0 Å². The van der Waals surface area contributed by atoms with E-state index in [0.29, 0.717) is 0 Å². The van der Waals surface area contributed by atoms with Crippen LogP contribution in [0.3, 0.4) is 0 Å². The predicted octanol–water partition coefficient (Wildman–Crippen LogP) is 1.23. The number of pyridine rings is 1. The van der Waals surface area contributed by atoms with Crippen LogP contribution in [-0.2, 0) is 10.0 Å². The minimum atomic E-state index is -3.45. The topological polar surface area (TPSA) is 62.3 Å². The molecule has 0 saturated carbocycles. The molecule has 1 aliphatic heterocycles. The second-order valence-electron chi connectivity index (χ2n) is 5.07. The summed E-state index contributed by atoms with van der Waals surface area (Å²) >= 11 is 0. The third-order valence-corrected chi connectivity index (χ3v) is 4.86. The molecule has 0 aromatic carbocycles. The van der Waals surface area contributed by atoms with Gasteiger partial charge >= 0.3 is 0 Å². The average Bonchev–Trinajstić information content (AvgIpc) is 2.40. The fourth-order valence-electron chi connectivity index (χ4n) is 2.41. The lowest BCUT2D eigenvalue weighted by molar-refractivity contribution is 0.215. The molecule has 1 aliphatic rings. The van der Waals surface area contributed by atoms with Crippen LogP contribution in [0.5, 0.6) is 0 Å². The van der Waals surface area contributed by atoms with E-state index in [2.05, 4.69) is 14.6 Å². The summed E-state index contributed by atoms with van der Waals surface area (Å²) in [6.07, 6.45) is 6.64. The molecule has 2 heterocycles. The monoisotopic (exact) mass is 283 g/mol. The van der Waals surface area contributed by atoms with Gasteiger partial charge in [-0.15, -0.1) is 0 Å². The number of nitrogens with zero attached hydrogens (tertiary/aromatic N) is 2. The summed E-state index contributed by atoms with van der Waals surface area (Å²) in [6, 6.07) is 3.09. The summed E-state index contributed by atoms with van der Waals surface area (Å²) in [6.45, 7) is 4.81. The maximum atomic E-state index is 12.1. The summed E-state index contributed by atoms with van der Waals surface area (Å²) in [4.78, 5) is 6.39. The van der Waals surface area contributed by atoms with E-state index in [1.165, 1.54) is 25.5 Å². The summed E-state index contributed by atoms with van der Waals surface area (Å²) in [7, 11) is -3.45. The fraction of sp³-hybridized carbons (Fsp3) is 0.615. The van der Waals surface area contributed by atoms with E-state index < -0.39 is 10.0 Å². The van der Waals surface area contributed by atoms with Crippen LogP contribution < -0.4 is 4.72 Å². The van der Waals surface area contributed by atoms with Crippen LogP contribution in [0.1, 0.15) is 26.2 Å². The highest BCUT2D eigenvalue weighted by atomic mass is 32.2. The first-order chi connectivity index (χ1) is 9.08. The minimum Gasteiger partial charge on any atom is -0.302 e. The van der Waals surface area contributed by atoms with Crippen LogP contribution in [0.15, 0.2) is 29.4 Å². The van der Waals surface area contributed by atoms with Crippen LogP contribution >= 0.6 is 0 Å². The molecular weight excluding hydrogens is 262 g/mol. The van der Waals surface area contributed by atoms with Crippen molar-refractivity contribution >= 4 is 10.0 Å².